The van der Waals surface area contributed by atoms with Crippen LogP contribution in [-0.2, 0) is 16.0 Å². The maximum absolute atomic E-state index is 12.4. The summed E-state index contributed by atoms with van der Waals surface area (Å²) < 4.78 is 0. The Labute approximate surface area is 145 Å². The van der Waals surface area contributed by atoms with Gasteiger partial charge in [0.05, 0.1) is 10.9 Å². The highest BCUT2D eigenvalue weighted by molar-refractivity contribution is 6.30. The highest BCUT2D eigenvalue weighted by atomic mass is 35.5. The van der Waals surface area contributed by atoms with Gasteiger partial charge in [0.1, 0.15) is 5.82 Å². The molecule has 2 heterocycles. The highest BCUT2D eigenvalue weighted by Crippen LogP contribution is 2.26. The van der Waals surface area contributed by atoms with E-state index in [2.05, 4.69) is 17.2 Å². The minimum Gasteiger partial charge on any atom is -0.312 e. The molecule has 124 valence electrons. The van der Waals surface area contributed by atoms with Gasteiger partial charge < -0.3 is 10.2 Å². The summed E-state index contributed by atoms with van der Waals surface area (Å²) in [6.07, 6.45) is 2.63. The summed E-state index contributed by atoms with van der Waals surface area (Å²) in [5.74, 6) is -0.197. The van der Waals surface area contributed by atoms with Gasteiger partial charge in [0, 0.05) is 24.8 Å². The van der Waals surface area contributed by atoms with Gasteiger partial charge in [0.25, 0.3) is 0 Å². The molecule has 1 aromatic carbocycles. The maximum atomic E-state index is 12.4. The summed E-state index contributed by atoms with van der Waals surface area (Å²) in [7, 11) is 0. The molecule has 1 saturated heterocycles. The van der Waals surface area contributed by atoms with Crippen LogP contribution in [0.4, 0.5) is 11.5 Å². The summed E-state index contributed by atoms with van der Waals surface area (Å²) in [5.41, 5.74) is 2.05. The lowest BCUT2D eigenvalue weighted by Crippen LogP contribution is -2.28. The van der Waals surface area contributed by atoms with E-state index in [1.165, 1.54) is 11.8 Å². The van der Waals surface area contributed by atoms with E-state index in [1.807, 2.05) is 24.3 Å². The SMILES string of the molecule is CCc1ccc(N2C[C@H](C(=O)Nc3ccc(Cl)cn3)CC2=O)cc1. The predicted octanol–water partition coefficient (Wildman–Crippen LogP) is 3.29. The molecule has 0 spiro atoms. The Kier molecular flexibility index (Phi) is 4.81. The molecule has 5 nitrogen and oxygen atoms in total. The van der Waals surface area contributed by atoms with Crippen molar-refractivity contribution in [2.45, 2.75) is 19.8 Å². The topological polar surface area (TPSA) is 62.3 Å². The molecule has 6 heteroatoms. The number of nitrogens with zero attached hydrogens (tertiary/aromatic N) is 2. The van der Waals surface area contributed by atoms with Gasteiger partial charge in [-0.15, -0.1) is 0 Å². The van der Waals surface area contributed by atoms with E-state index in [0.29, 0.717) is 17.4 Å². The lowest BCUT2D eigenvalue weighted by atomic mass is 10.1. The summed E-state index contributed by atoms with van der Waals surface area (Å²) in [5, 5.41) is 3.24. The van der Waals surface area contributed by atoms with Crippen LogP contribution in [0, 0.1) is 5.92 Å². The minimum absolute atomic E-state index is 0.0385. The second-order valence-electron chi connectivity index (χ2n) is 5.78. The van der Waals surface area contributed by atoms with Gasteiger partial charge in [-0.1, -0.05) is 30.7 Å². The maximum Gasteiger partial charge on any atom is 0.230 e. The van der Waals surface area contributed by atoms with Crippen LogP contribution in [0.1, 0.15) is 18.9 Å². The van der Waals surface area contributed by atoms with Gasteiger partial charge in [0.15, 0.2) is 0 Å². The molecule has 0 unspecified atom stereocenters. The third-order valence-corrected chi connectivity index (χ3v) is 4.35. The van der Waals surface area contributed by atoms with E-state index in [4.69, 9.17) is 11.6 Å². The van der Waals surface area contributed by atoms with Crippen LogP contribution in [0.5, 0.6) is 0 Å². The Bertz CT molecular complexity index is 744. The number of halogens is 1. The average molecular weight is 344 g/mol. The molecule has 1 fully saturated rings. The van der Waals surface area contributed by atoms with E-state index in [1.54, 1.807) is 17.0 Å². The van der Waals surface area contributed by atoms with Crippen molar-refractivity contribution in [2.75, 3.05) is 16.8 Å². The van der Waals surface area contributed by atoms with Crippen molar-refractivity contribution in [1.82, 2.24) is 4.98 Å². The van der Waals surface area contributed by atoms with E-state index in [-0.39, 0.29) is 24.2 Å². The number of aryl methyl sites for hydroxylation is 1. The molecule has 0 bridgehead atoms. The molecule has 0 aliphatic carbocycles. The molecule has 1 N–H and O–H groups in total. The number of carbonyl (C=O) groups excluding carboxylic acids is 2. The quantitative estimate of drug-likeness (QED) is 0.926. The van der Waals surface area contributed by atoms with E-state index in [9.17, 15) is 9.59 Å². The molecule has 1 aliphatic heterocycles. The Morgan fingerprint density at radius 2 is 2.04 bits per heavy atom. The number of carbonyl (C=O) groups is 2. The van der Waals surface area contributed by atoms with Gasteiger partial charge in [-0.05, 0) is 36.2 Å². The zero-order chi connectivity index (χ0) is 17.1. The van der Waals surface area contributed by atoms with Crippen molar-refractivity contribution < 1.29 is 9.59 Å². The summed E-state index contributed by atoms with van der Waals surface area (Å²) in [4.78, 5) is 30.3. The first-order valence-electron chi connectivity index (χ1n) is 7.88. The number of nitrogens with one attached hydrogen (secondary N) is 1. The monoisotopic (exact) mass is 343 g/mol. The molecule has 1 aliphatic rings. The first-order chi connectivity index (χ1) is 11.6. The van der Waals surface area contributed by atoms with Gasteiger partial charge in [-0.3, -0.25) is 9.59 Å². The van der Waals surface area contributed by atoms with Crippen LogP contribution in [0.3, 0.4) is 0 Å². The zero-order valence-electron chi connectivity index (χ0n) is 13.3. The largest absolute Gasteiger partial charge is 0.312 e. The van der Waals surface area contributed by atoms with E-state index < -0.39 is 0 Å². The fraction of sp³-hybridized carbons (Fsp3) is 0.278. The van der Waals surface area contributed by atoms with Crippen LogP contribution in [-0.4, -0.2) is 23.3 Å². The first kappa shape index (κ1) is 16.5. The molecule has 0 saturated carbocycles. The molecule has 1 atom stereocenters. The molecule has 0 radical (unpaired) electrons. The van der Waals surface area contributed by atoms with E-state index >= 15 is 0 Å². The molecular formula is C18H18ClN3O2. The molecule has 1 aromatic heterocycles. The summed E-state index contributed by atoms with van der Waals surface area (Å²) in [6, 6.07) is 11.2. The van der Waals surface area contributed by atoms with Crippen molar-refractivity contribution >= 4 is 34.9 Å². The number of amides is 2. The van der Waals surface area contributed by atoms with Gasteiger partial charge in [-0.2, -0.15) is 0 Å². The van der Waals surface area contributed by atoms with Crippen molar-refractivity contribution in [3.8, 4) is 0 Å². The van der Waals surface area contributed by atoms with Crippen molar-refractivity contribution in [2.24, 2.45) is 5.92 Å². The molecule has 2 aromatic rings. The number of pyridine rings is 1. The number of hydrogen-bond acceptors (Lipinski definition) is 3. The number of anilines is 2. The summed E-state index contributed by atoms with van der Waals surface area (Å²) >= 11 is 5.78. The zero-order valence-corrected chi connectivity index (χ0v) is 14.1. The minimum atomic E-state index is -0.388. The smallest absolute Gasteiger partial charge is 0.230 e. The van der Waals surface area contributed by atoms with Crippen LogP contribution >= 0.6 is 11.6 Å². The fourth-order valence-corrected chi connectivity index (χ4v) is 2.83. The van der Waals surface area contributed by atoms with Crippen LogP contribution in [0.25, 0.3) is 0 Å². The second-order valence-corrected chi connectivity index (χ2v) is 6.21. The second kappa shape index (κ2) is 7.01. The van der Waals surface area contributed by atoms with Crippen LogP contribution in [0.15, 0.2) is 42.6 Å². The lowest BCUT2D eigenvalue weighted by molar-refractivity contribution is -0.122. The third kappa shape index (κ3) is 3.57. The fourth-order valence-electron chi connectivity index (χ4n) is 2.72. The standard InChI is InChI=1S/C18H18ClN3O2/c1-2-12-3-6-15(7-4-12)22-11-13(9-17(22)23)18(24)21-16-8-5-14(19)10-20-16/h3-8,10,13H,2,9,11H2,1H3,(H,20,21,24)/t13-/m1/s1. The summed E-state index contributed by atoms with van der Waals surface area (Å²) in [6.45, 7) is 2.46. The van der Waals surface area contributed by atoms with Gasteiger partial charge in [-0.25, -0.2) is 4.98 Å². The molecule has 3 rings (SSSR count). The first-order valence-corrected chi connectivity index (χ1v) is 8.26. The van der Waals surface area contributed by atoms with Crippen molar-refractivity contribution in [3.05, 3.63) is 53.2 Å². The van der Waals surface area contributed by atoms with Crippen LogP contribution < -0.4 is 10.2 Å². The molecular weight excluding hydrogens is 326 g/mol. The number of benzene rings is 1. The lowest BCUT2D eigenvalue weighted by Gasteiger charge is -2.17. The Morgan fingerprint density at radius 1 is 1.29 bits per heavy atom. The molecule has 2 amide bonds. The number of aromatic nitrogens is 1. The normalized spacial score (nSPS) is 17.2. The van der Waals surface area contributed by atoms with Crippen molar-refractivity contribution in [3.63, 3.8) is 0 Å². The Balaban J connectivity index is 1.67. The Hall–Kier alpha value is -2.40. The van der Waals surface area contributed by atoms with Gasteiger partial charge in [0.2, 0.25) is 11.8 Å². The van der Waals surface area contributed by atoms with Crippen LogP contribution in [0.2, 0.25) is 5.02 Å². The van der Waals surface area contributed by atoms with E-state index in [0.717, 1.165) is 12.1 Å². The Morgan fingerprint density at radius 3 is 2.67 bits per heavy atom. The number of rotatable bonds is 4. The van der Waals surface area contributed by atoms with Gasteiger partial charge >= 0.3 is 0 Å². The highest BCUT2D eigenvalue weighted by Gasteiger charge is 2.35. The molecule has 24 heavy (non-hydrogen) atoms. The average Bonchev–Trinajstić information content (AvgIpc) is 2.99. The third-order valence-electron chi connectivity index (χ3n) is 4.13. The number of hydrogen-bond donors (Lipinski definition) is 1. The predicted molar refractivity (Wildman–Crippen MR) is 94.2 cm³/mol. The van der Waals surface area contributed by atoms with Crippen molar-refractivity contribution in [1.29, 1.82) is 0 Å².